The predicted octanol–water partition coefficient (Wildman–Crippen LogP) is 13.8. The van der Waals surface area contributed by atoms with Gasteiger partial charge >= 0.3 is 73.4 Å². The van der Waals surface area contributed by atoms with E-state index in [0.29, 0.717) is 0 Å². The quantitative estimate of drug-likeness (QED) is 0.159. The summed E-state index contributed by atoms with van der Waals surface area (Å²) in [4.78, 5) is 5.44. The maximum absolute atomic E-state index is 5.67. The van der Waals surface area contributed by atoms with Crippen molar-refractivity contribution in [2.75, 3.05) is 13.1 Å². The molecule has 1 saturated heterocycles. The minimum atomic E-state index is -1.61. The third-order valence-corrected chi connectivity index (χ3v) is 20.8. The Morgan fingerprint density at radius 1 is 0.566 bits per heavy atom. The average molecular weight is 964 g/mol. The number of rotatable bonds is 6. The molecule has 0 N–H and O–H groups in total. The third kappa shape index (κ3) is 14.5. The maximum Gasteiger partial charge on any atom is 0 e. The Hall–Kier alpha value is 1.27. The van der Waals surface area contributed by atoms with E-state index < -0.39 is 13.5 Å². The summed E-state index contributed by atoms with van der Waals surface area (Å²) in [6, 6.07) is 11.4. The van der Waals surface area contributed by atoms with Gasteiger partial charge in [0.1, 0.15) is 0 Å². The van der Waals surface area contributed by atoms with Gasteiger partial charge in [0.15, 0.2) is 0 Å². The fourth-order valence-corrected chi connectivity index (χ4v) is 19.7. The van der Waals surface area contributed by atoms with E-state index in [1.807, 2.05) is 34.9 Å². The predicted molar refractivity (Wildman–Crippen MR) is 231 cm³/mol. The summed E-state index contributed by atoms with van der Waals surface area (Å²) < 4.78 is 1.92. The van der Waals surface area contributed by atoms with Crippen LogP contribution in [0.3, 0.4) is 0 Å². The minimum Gasteiger partial charge on any atom is 0 e. The summed E-state index contributed by atoms with van der Waals surface area (Å²) in [6.07, 6.45) is 29.4. The van der Waals surface area contributed by atoms with Gasteiger partial charge in [0.2, 0.25) is 0 Å². The Labute approximate surface area is 355 Å². The van der Waals surface area contributed by atoms with Crippen molar-refractivity contribution in [3.8, 4) is 0 Å². The van der Waals surface area contributed by atoms with E-state index in [4.69, 9.17) is 19.4 Å². The van der Waals surface area contributed by atoms with E-state index in [0.717, 1.165) is 53.2 Å². The van der Waals surface area contributed by atoms with Crippen molar-refractivity contribution in [1.82, 2.24) is 9.80 Å². The van der Waals surface area contributed by atoms with Crippen molar-refractivity contribution in [1.29, 1.82) is 0 Å². The summed E-state index contributed by atoms with van der Waals surface area (Å²) in [5, 5.41) is 0. The van der Waals surface area contributed by atoms with E-state index in [-0.39, 0.29) is 27.4 Å². The smallest absolute Gasteiger partial charge is 0 e. The molecule has 5 saturated carbocycles. The van der Waals surface area contributed by atoms with E-state index in [2.05, 4.69) is 58.0 Å². The Balaban J connectivity index is 0.000000189. The topological polar surface area (TPSA) is 6.48 Å². The van der Waals surface area contributed by atoms with Crippen molar-refractivity contribution in [2.45, 2.75) is 193 Å². The third-order valence-electron chi connectivity index (χ3n) is 14.3. The van der Waals surface area contributed by atoms with Gasteiger partial charge in [-0.3, -0.25) is 0 Å². The molecule has 0 unspecified atom stereocenters. The molecule has 0 radical (unpaired) electrons. The van der Waals surface area contributed by atoms with Gasteiger partial charge in [0.25, 0.3) is 0 Å². The summed E-state index contributed by atoms with van der Waals surface area (Å²) in [6.45, 7) is 19.9. The molecular formula is C46H79Cl2N2PRu2. The van der Waals surface area contributed by atoms with Crippen LogP contribution in [0.1, 0.15) is 169 Å². The van der Waals surface area contributed by atoms with Crippen molar-refractivity contribution in [3.63, 3.8) is 0 Å². The second kappa shape index (κ2) is 24.4. The minimum absolute atomic E-state index is 0. The van der Waals surface area contributed by atoms with E-state index in [1.165, 1.54) is 55.7 Å². The summed E-state index contributed by atoms with van der Waals surface area (Å²) in [5.41, 5.74) is 4.80. The van der Waals surface area contributed by atoms with Crippen LogP contribution in [0.25, 0.3) is 0 Å². The van der Waals surface area contributed by atoms with Gasteiger partial charge in [-0.25, -0.2) is 6.67 Å². The molecule has 308 valence electrons. The second-order valence-corrected chi connectivity index (χ2v) is 28.0. The summed E-state index contributed by atoms with van der Waals surface area (Å²) in [7, 11) is 11.3. The molecule has 7 rings (SSSR count). The van der Waals surface area contributed by atoms with Crippen molar-refractivity contribution in [3.05, 3.63) is 42.6 Å². The average Bonchev–Trinajstić information content (AvgIpc) is 3.58. The molecule has 2 nitrogen and oxygen atoms in total. The summed E-state index contributed by atoms with van der Waals surface area (Å²) in [5.74, 6) is 5.18. The SMILES string of the molecule is C1CCC([PH+](C2CCCCC2)C2CCCCC2)CC1.CC1C[C@@H](C)C(N2[CH-]N(C3[C@@H](C)CC(C)C[C@@H]3C)CC2)[C@H](C)C1.[Cl][Ru]([Cl])=[CH]c1ccccc1.[Ru]. The largest absolute Gasteiger partial charge is 0 e. The van der Waals surface area contributed by atoms with Gasteiger partial charge in [-0.15, -0.1) is 0 Å². The Bertz CT molecular complexity index is 1060. The van der Waals surface area contributed by atoms with E-state index in [9.17, 15) is 0 Å². The number of halogens is 2. The van der Waals surface area contributed by atoms with E-state index in [1.54, 1.807) is 96.3 Å². The molecular weight excluding hydrogens is 885 g/mol. The first-order valence-electron chi connectivity index (χ1n) is 22.2. The molecule has 53 heavy (non-hydrogen) atoms. The van der Waals surface area contributed by atoms with Crippen LogP contribution in [0.5, 0.6) is 0 Å². The van der Waals surface area contributed by atoms with Crippen LogP contribution in [0.15, 0.2) is 30.3 Å². The molecule has 1 aliphatic heterocycles. The first-order valence-corrected chi connectivity index (χ1v) is 29.4. The van der Waals surface area contributed by atoms with Crippen LogP contribution in [0.2, 0.25) is 0 Å². The van der Waals surface area contributed by atoms with Gasteiger partial charge in [-0.2, -0.15) is 0 Å². The second-order valence-electron chi connectivity index (χ2n) is 18.9. The Kier molecular flexibility index (Phi) is 21.6. The molecule has 1 aromatic carbocycles. The molecule has 0 bridgehead atoms. The zero-order valence-electron chi connectivity index (χ0n) is 34.6. The molecule has 0 amide bonds. The van der Waals surface area contributed by atoms with Crippen LogP contribution in [0.4, 0.5) is 0 Å². The van der Waals surface area contributed by atoms with Crippen LogP contribution in [0, 0.1) is 42.2 Å². The first kappa shape index (κ1) is 47.0. The fraction of sp³-hybridized carbons (Fsp3) is 0.826. The number of nitrogens with zero attached hydrogens (tertiary/aromatic N) is 2. The normalized spacial score (nSPS) is 34.2. The molecule has 7 heteroatoms. The van der Waals surface area contributed by atoms with Crippen LogP contribution in [-0.2, 0) is 33.0 Å². The Morgan fingerprint density at radius 3 is 1.23 bits per heavy atom. The number of benzene rings is 1. The Morgan fingerprint density at radius 2 is 0.906 bits per heavy atom. The molecule has 1 aromatic rings. The van der Waals surface area contributed by atoms with Crippen molar-refractivity contribution >= 4 is 31.9 Å². The fourth-order valence-electron chi connectivity index (χ4n) is 12.6. The monoisotopic (exact) mass is 964 g/mol. The molecule has 6 fully saturated rings. The van der Waals surface area contributed by atoms with Crippen LogP contribution >= 0.6 is 27.3 Å². The van der Waals surface area contributed by atoms with Gasteiger partial charge in [-0.1, -0.05) is 60.8 Å². The molecule has 1 heterocycles. The van der Waals surface area contributed by atoms with Crippen molar-refractivity contribution in [2.24, 2.45) is 35.5 Å². The molecule has 0 spiro atoms. The molecule has 0 aromatic heterocycles. The van der Waals surface area contributed by atoms with Crippen molar-refractivity contribution < 1.29 is 33.0 Å². The van der Waals surface area contributed by atoms with Gasteiger partial charge in [0, 0.05) is 27.4 Å². The standard InChI is InChI=1S/C21H39N2.C18H33P.C7H6.2ClH.2Ru/c1-14-9-16(3)20(17(4)10-14)22-7-8-23(13-22)21-18(5)11-15(2)12-19(21)6;1-4-10-16(11-5-1)19(17-12-6-2-7-13-17)18-14-8-3-9-15-18;1-7-5-3-2-4-6-7;;;;/h13-21H,7-12H2,1-6H3;16-18H,1-15H2;1-6H;2*1H;;/q-1;;;;;;+2/p-1/t14?,15?,16-,17-,18+,19+,20?,21?;;;;;;. The van der Waals surface area contributed by atoms with Gasteiger partial charge in [-0.05, 0) is 163 Å². The number of hydrogen-bond acceptors (Lipinski definition) is 2. The van der Waals surface area contributed by atoms with E-state index >= 15 is 0 Å². The van der Waals surface area contributed by atoms with Crippen LogP contribution in [-0.4, -0.2) is 56.6 Å². The zero-order chi connectivity index (χ0) is 37.0. The molecule has 6 aliphatic rings. The number of hydrogen-bond donors (Lipinski definition) is 0. The molecule has 4 atom stereocenters. The van der Waals surface area contributed by atoms with Gasteiger partial charge < -0.3 is 9.80 Å². The zero-order valence-corrected chi connectivity index (χ0v) is 40.6. The van der Waals surface area contributed by atoms with Gasteiger partial charge in [0.05, 0.1) is 17.0 Å². The van der Waals surface area contributed by atoms with Crippen LogP contribution < -0.4 is 0 Å². The maximum atomic E-state index is 5.67. The summed E-state index contributed by atoms with van der Waals surface area (Å²) >= 11 is -1.61. The molecule has 5 aliphatic carbocycles. The first-order chi connectivity index (χ1) is 25.1.